The number of carbonyl (C=O) groups excluding carboxylic acids is 2. The number of benzene rings is 1. The topological polar surface area (TPSA) is 75.3 Å². The summed E-state index contributed by atoms with van der Waals surface area (Å²) < 4.78 is 19.0. The number of aromatic amines is 1. The summed E-state index contributed by atoms with van der Waals surface area (Å²) >= 11 is 0. The molecule has 1 aliphatic rings. The first-order chi connectivity index (χ1) is 14.2. The van der Waals surface area contributed by atoms with Gasteiger partial charge in [0.25, 0.3) is 5.91 Å². The van der Waals surface area contributed by atoms with E-state index in [-0.39, 0.29) is 12.4 Å². The summed E-state index contributed by atoms with van der Waals surface area (Å²) in [5, 5.41) is 0. The normalized spacial score (nSPS) is 13.9. The van der Waals surface area contributed by atoms with E-state index in [0.29, 0.717) is 23.1 Å². The Morgan fingerprint density at radius 3 is 2.37 bits per heavy atom. The molecule has 0 aliphatic carbocycles. The van der Waals surface area contributed by atoms with Crippen molar-refractivity contribution in [3.63, 3.8) is 0 Å². The minimum absolute atomic E-state index is 0.222. The Morgan fingerprint density at radius 2 is 1.73 bits per heavy atom. The van der Waals surface area contributed by atoms with Crippen LogP contribution in [-0.4, -0.2) is 39.0 Å². The van der Waals surface area contributed by atoms with Crippen molar-refractivity contribution >= 4 is 12.0 Å². The Hall–Kier alpha value is -3.48. The zero-order chi connectivity index (χ0) is 21.5. The van der Waals surface area contributed by atoms with E-state index < -0.39 is 17.6 Å². The standard InChI is InChI=1S/C23H22FN3O3/c1-23(2,3)30-22(29)27-13-10-17-19(21(27)28)18(14-4-6-16(24)7-5-14)20(26-17)15-8-11-25-12-9-15/h4-9,11-12,26H,10,13H2,1-3H3. The van der Waals surface area contributed by atoms with Crippen molar-refractivity contribution in [3.8, 4) is 22.4 Å². The third-order valence-corrected chi connectivity index (χ3v) is 4.84. The highest BCUT2D eigenvalue weighted by atomic mass is 19.1. The fourth-order valence-electron chi connectivity index (χ4n) is 3.57. The van der Waals surface area contributed by atoms with Crippen molar-refractivity contribution in [2.24, 2.45) is 0 Å². The molecule has 4 rings (SSSR count). The number of ether oxygens (including phenoxy) is 1. The molecule has 3 heterocycles. The zero-order valence-corrected chi connectivity index (χ0v) is 17.0. The van der Waals surface area contributed by atoms with E-state index in [1.54, 1.807) is 45.3 Å². The smallest absolute Gasteiger partial charge is 0.417 e. The summed E-state index contributed by atoms with van der Waals surface area (Å²) in [7, 11) is 0. The molecule has 0 bridgehead atoms. The second kappa shape index (κ2) is 7.40. The van der Waals surface area contributed by atoms with Gasteiger partial charge in [-0.05, 0) is 50.6 Å². The average molecular weight is 407 g/mol. The Morgan fingerprint density at radius 1 is 1.07 bits per heavy atom. The van der Waals surface area contributed by atoms with E-state index in [0.717, 1.165) is 21.9 Å². The molecule has 0 fully saturated rings. The van der Waals surface area contributed by atoms with Gasteiger partial charge < -0.3 is 9.72 Å². The van der Waals surface area contributed by atoms with Crippen molar-refractivity contribution in [3.05, 3.63) is 65.9 Å². The number of amides is 2. The predicted octanol–water partition coefficient (Wildman–Crippen LogP) is 4.82. The molecule has 0 saturated carbocycles. The molecule has 1 N–H and O–H groups in total. The molecule has 0 saturated heterocycles. The van der Waals surface area contributed by atoms with Gasteiger partial charge in [0.1, 0.15) is 11.4 Å². The van der Waals surface area contributed by atoms with Crippen molar-refractivity contribution in [2.45, 2.75) is 32.8 Å². The SMILES string of the molecule is CC(C)(C)OC(=O)N1CCc2[nH]c(-c3ccncc3)c(-c3ccc(F)cc3)c2C1=O. The van der Waals surface area contributed by atoms with E-state index in [1.807, 2.05) is 12.1 Å². The number of hydrogen-bond acceptors (Lipinski definition) is 4. The van der Waals surface area contributed by atoms with Crippen LogP contribution in [0.15, 0.2) is 48.8 Å². The van der Waals surface area contributed by atoms with Crippen molar-refractivity contribution in [1.29, 1.82) is 0 Å². The number of nitrogens with one attached hydrogen (secondary N) is 1. The van der Waals surface area contributed by atoms with Crippen LogP contribution in [-0.2, 0) is 11.2 Å². The number of nitrogens with zero attached hydrogens (tertiary/aromatic N) is 2. The van der Waals surface area contributed by atoms with Gasteiger partial charge >= 0.3 is 6.09 Å². The van der Waals surface area contributed by atoms with Crippen LogP contribution < -0.4 is 0 Å². The summed E-state index contributed by atoms with van der Waals surface area (Å²) in [4.78, 5) is 34.5. The average Bonchev–Trinajstić information content (AvgIpc) is 3.08. The maximum absolute atomic E-state index is 13.5. The number of carbonyl (C=O) groups is 2. The highest BCUT2D eigenvalue weighted by molar-refractivity contribution is 6.11. The fourth-order valence-corrected chi connectivity index (χ4v) is 3.57. The van der Waals surface area contributed by atoms with Gasteiger partial charge in [0, 0.05) is 42.2 Å². The van der Waals surface area contributed by atoms with Crippen LogP contribution in [0.25, 0.3) is 22.4 Å². The maximum Gasteiger partial charge on any atom is 0.417 e. The Kier molecular flexibility index (Phi) is 4.89. The second-order valence-corrected chi connectivity index (χ2v) is 8.16. The molecule has 0 spiro atoms. The monoisotopic (exact) mass is 407 g/mol. The summed E-state index contributed by atoms with van der Waals surface area (Å²) in [5.74, 6) is -0.795. The summed E-state index contributed by atoms with van der Waals surface area (Å²) in [6.07, 6.45) is 3.13. The van der Waals surface area contributed by atoms with Gasteiger partial charge in [-0.3, -0.25) is 9.78 Å². The van der Waals surface area contributed by atoms with Gasteiger partial charge in [0.15, 0.2) is 0 Å². The van der Waals surface area contributed by atoms with Gasteiger partial charge in [0.05, 0.1) is 11.3 Å². The number of pyridine rings is 1. The number of rotatable bonds is 2. The van der Waals surface area contributed by atoms with E-state index in [1.165, 1.54) is 12.1 Å². The van der Waals surface area contributed by atoms with Gasteiger partial charge in [-0.25, -0.2) is 14.1 Å². The first-order valence-corrected chi connectivity index (χ1v) is 9.70. The minimum atomic E-state index is -0.711. The quantitative estimate of drug-likeness (QED) is 0.661. The minimum Gasteiger partial charge on any atom is -0.443 e. The number of imide groups is 1. The largest absolute Gasteiger partial charge is 0.443 e. The molecule has 30 heavy (non-hydrogen) atoms. The molecule has 0 atom stereocenters. The molecule has 7 heteroatoms. The Balaban J connectivity index is 1.85. The van der Waals surface area contributed by atoms with E-state index >= 15 is 0 Å². The summed E-state index contributed by atoms with van der Waals surface area (Å²) in [5.41, 5.74) is 3.33. The van der Waals surface area contributed by atoms with Crippen molar-refractivity contribution in [1.82, 2.24) is 14.9 Å². The molecule has 1 aromatic carbocycles. The number of aromatic nitrogens is 2. The first-order valence-electron chi connectivity index (χ1n) is 9.70. The van der Waals surface area contributed by atoms with Crippen LogP contribution in [0.2, 0.25) is 0 Å². The van der Waals surface area contributed by atoms with Crippen LogP contribution in [0.3, 0.4) is 0 Å². The molecular formula is C23H22FN3O3. The zero-order valence-electron chi connectivity index (χ0n) is 17.0. The Bertz CT molecular complexity index is 1100. The van der Waals surface area contributed by atoms with Crippen molar-refractivity contribution < 1.29 is 18.7 Å². The molecule has 6 nitrogen and oxygen atoms in total. The summed E-state index contributed by atoms with van der Waals surface area (Å²) in [6.45, 7) is 5.49. The molecule has 154 valence electrons. The first kappa shape index (κ1) is 19.8. The highest BCUT2D eigenvalue weighted by Crippen LogP contribution is 2.39. The lowest BCUT2D eigenvalue weighted by atomic mass is 9.94. The third kappa shape index (κ3) is 3.70. The van der Waals surface area contributed by atoms with Crippen LogP contribution in [0, 0.1) is 5.82 Å². The molecule has 0 unspecified atom stereocenters. The number of halogens is 1. The van der Waals surface area contributed by atoms with Crippen LogP contribution in [0.1, 0.15) is 36.8 Å². The van der Waals surface area contributed by atoms with Crippen molar-refractivity contribution in [2.75, 3.05) is 6.54 Å². The lowest BCUT2D eigenvalue weighted by Gasteiger charge is -2.29. The number of fused-ring (bicyclic) bond motifs is 1. The van der Waals surface area contributed by atoms with Gasteiger partial charge in [-0.1, -0.05) is 12.1 Å². The molecular weight excluding hydrogens is 385 g/mol. The lowest BCUT2D eigenvalue weighted by Crippen LogP contribution is -2.44. The molecule has 3 aromatic rings. The van der Waals surface area contributed by atoms with Crippen LogP contribution >= 0.6 is 0 Å². The second-order valence-electron chi connectivity index (χ2n) is 8.16. The third-order valence-electron chi connectivity index (χ3n) is 4.84. The molecule has 2 amide bonds. The number of H-pyrrole nitrogens is 1. The van der Waals surface area contributed by atoms with Gasteiger partial charge in [-0.15, -0.1) is 0 Å². The van der Waals surface area contributed by atoms with Crippen LogP contribution in [0.5, 0.6) is 0 Å². The van der Waals surface area contributed by atoms with Crippen LogP contribution in [0.4, 0.5) is 9.18 Å². The molecule has 2 aromatic heterocycles. The van der Waals surface area contributed by atoms with Gasteiger partial charge in [-0.2, -0.15) is 0 Å². The predicted molar refractivity (Wildman–Crippen MR) is 110 cm³/mol. The molecule has 1 aliphatic heterocycles. The molecule has 0 radical (unpaired) electrons. The van der Waals surface area contributed by atoms with E-state index in [4.69, 9.17) is 4.74 Å². The number of hydrogen-bond donors (Lipinski definition) is 1. The summed E-state index contributed by atoms with van der Waals surface area (Å²) in [6, 6.07) is 9.63. The maximum atomic E-state index is 13.5. The fraction of sp³-hybridized carbons (Fsp3) is 0.261. The highest BCUT2D eigenvalue weighted by Gasteiger charge is 2.36. The lowest BCUT2D eigenvalue weighted by molar-refractivity contribution is 0.0233. The van der Waals surface area contributed by atoms with E-state index in [2.05, 4.69) is 9.97 Å². The Labute approximate surface area is 173 Å². The van der Waals surface area contributed by atoms with Gasteiger partial charge in [0.2, 0.25) is 0 Å². The van der Waals surface area contributed by atoms with E-state index in [9.17, 15) is 14.0 Å².